The van der Waals surface area contributed by atoms with E-state index in [0.717, 1.165) is 6.54 Å². The van der Waals surface area contributed by atoms with Crippen LogP contribution >= 0.6 is 0 Å². The normalized spacial score (nSPS) is 10.6. The summed E-state index contributed by atoms with van der Waals surface area (Å²) >= 11 is 0. The lowest BCUT2D eigenvalue weighted by Crippen LogP contribution is -2.33. The molecule has 0 saturated carbocycles. The fourth-order valence-electron chi connectivity index (χ4n) is 2.46. The van der Waals surface area contributed by atoms with Crippen LogP contribution < -0.4 is 10.2 Å². The second-order valence-corrected chi connectivity index (χ2v) is 6.10. The summed E-state index contributed by atoms with van der Waals surface area (Å²) in [7, 11) is 3.92. The summed E-state index contributed by atoms with van der Waals surface area (Å²) in [5.41, 5.74) is 0.912. The van der Waals surface area contributed by atoms with Crippen molar-refractivity contribution >= 4 is 23.4 Å². The van der Waals surface area contributed by atoms with Crippen molar-refractivity contribution in [1.29, 1.82) is 0 Å². The highest BCUT2D eigenvalue weighted by atomic mass is 16.4. The Labute approximate surface area is 153 Å². The lowest BCUT2D eigenvalue weighted by atomic mass is 10.2. The number of aromatic nitrogens is 1. The Kier molecular flexibility index (Phi) is 6.68. The molecule has 0 aliphatic carbocycles. The predicted molar refractivity (Wildman–Crippen MR) is 102 cm³/mol. The molecule has 7 nitrogen and oxygen atoms in total. The molecule has 1 heterocycles. The second-order valence-electron chi connectivity index (χ2n) is 6.10. The molecule has 0 unspecified atom stereocenters. The molecule has 138 valence electrons. The molecule has 2 aromatic rings. The number of carbonyl (C=O) groups excluding carboxylic acids is 1. The van der Waals surface area contributed by atoms with Crippen LogP contribution in [0, 0.1) is 0 Å². The van der Waals surface area contributed by atoms with Gasteiger partial charge in [-0.05, 0) is 39.2 Å². The molecule has 2 rings (SSSR count). The molecule has 0 aliphatic rings. The van der Waals surface area contributed by atoms with Gasteiger partial charge < -0.3 is 20.2 Å². The van der Waals surface area contributed by atoms with Crippen LogP contribution in [0.4, 0.5) is 11.5 Å². The zero-order valence-corrected chi connectivity index (χ0v) is 15.3. The number of carboxylic acids is 1. The highest BCUT2D eigenvalue weighted by molar-refractivity contribution is 6.05. The van der Waals surface area contributed by atoms with E-state index in [9.17, 15) is 14.7 Å². The molecule has 0 spiro atoms. The van der Waals surface area contributed by atoms with Crippen LogP contribution in [0.25, 0.3) is 0 Å². The fourth-order valence-corrected chi connectivity index (χ4v) is 2.46. The lowest BCUT2D eigenvalue weighted by molar-refractivity contribution is 0.0696. The summed E-state index contributed by atoms with van der Waals surface area (Å²) in [6.07, 6.45) is 1.49. The zero-order chi connectivity index (χ0) is 19.1. The van der Waals surface area contributed by atoms with Gasteiger partial charge in [-0.25, -0.2) is 9.78 Å². The van der Waals surface area contributed by atoms with Crippen molar-refractivity contribution in [3.05, 3.63) is 53.7 Å². The van der Waals surface area contributed by atoms with Crippen LogP contribution in [0.3, 0.4) is 0 Å². The second kappa shape index (κ2) is 8.96. The van der Waals surface area contributed by atoms with Crippen LogP contribution in [0.1, 0.15) is 27.6 Å². The van der Waals surface area contributed by atoms with Gasteiger partial charge in [0.1, 0.15) is 11.4 Å². The standard InChI is InChI=1S/C19H24N4O3/c1-4-23(11-10-22(2)3)17-16(19(25)26)12-15(13-20-17)21-18(24)14-8-6-5-7-9-14/h5-9,12-13H,4,10-11H2,1-3H3,(H,21,24)(H,25,26). The van der Waals surface area contributed by atoms with Gasteiger partial charge in [0.05, 0.1) is 11.9 Å². The van der Waals surface area contributed by atoms with E-state index in [1.54, 1.807) is 24.3 Å². The van der Waals surface area contributed by atoms with Crippen molar-refractivity contribution in [2.24, 2.45) is 0 Å². The Morgan fingerprint density at radius 1 is 1.15 bits per heavy atom. The average molecular weight is 356 g/mol. The summed E-state index contributed by atoms with van der Waals surface area (Å²) in [5.74, 6) is -0.984. The lowest BCUT2D eigenvalue weighted by Gasteiger charge is -2.25. The van der Waals surface area contributed by atoms with Crippen molar-refractivity contribution in [1.82, 2.24) is 9.88 Å². The van der Waals surface area contributed by atoms with E-state index in [4.69, 9.17) is 0 Å². The topological polar surface area (TPSA) is 85.8 Å². The van der Waals surface area contributed by atoms with Crippen molar-refractivity contribution < 1.29 is 14.7 Å². The van der Waals surface area contributed by atoms with E-state index in [0.29, 0.717) is 30.2 Å². The smallest absolute Gasteiger partial charge is 0.339 e. The number of nitrogens with one attached hydrogen (secondary N) is 1. The van der Waals surface area contributed by atoms with E-state index < -0.39 is 5.97 Å². The van der Waals surface area contributed by atoms with Gasteiger partial charge in [0, 0.05) is 25.2 Å². The molecule has 1 aromatic heterocycles. The number of amides is 1. The highest BCUT2D eigenvalue weighted by Gasteiger charge is 2.18. The van der Waals surface area contributed by atoms with Crippen LogP contribution in [0.15, 0.2) is 42.6 Å². The molecule has 2 N–H and O–H groups in total. The molecule has 7 heteroatoms. The van der Waals surface area contributed by atoms with Gasteiger partial charge in [-0.1, -0.05) is 18.2 Å². The van der Waals surface area contributed by atoms with Gasteiger partial charge in [0.2, 0.25) is 0 Å². The molecule has 0 saturated heterocycles. The van der Waals surface area contributed by atoms with Crippen molar-refractivity contribution in [2.75, 3.05) is 43.9 Å². The average Bonchev–Trinajstić information content (AvgIpc) is 2.63. The minimum Gasteiger partial charge on any atom is -0.478 e. The number of carboxylic acid groups (broad SMARTS) is 1. The number of rotatable bonds is 8. The minimum absolute atomic E-state index is 0.0662. The van der Waals surface area contributed by atoms with Crippen LogP contribution in [0.2, 0.25) is 0 Å². The molecule has 26 heavy (non-hydrogen) atoms. The number of carbonyl (C=O) groups is 2. The molecule has 0 bridgehead atoms. The maximum atomic E-state index is 12.2. The summed E-state index contributed by atoms with van der Waals surface area (Å²) in [4.78, 5) is 32.2. The summed E-state index contributed by atoms with van der Waals surface area (Å²) in [6.45, 7) is 4.03. The van der Waals surface area contributed by atoms with Crippen LogP contribution in [-0.4, -0.2) is 60.6 Å². The van der Waals surface area contributed by atoms with E-state index in [-0.39, 0.29) is 11.5 Å². The number of nitrogens with zero attached hydrogens (tertiary/aromatic N) is 3. The SMILES string of the molecule is CCN(CCN(C)C)c1ncc(NC(=O)c2ccccc2)cc1C(=O)O. The summed E-state index contributed by atoms with van der Waals surface area (Å²) in [6, 6.07) is 10.2. The molecule has 0 aliphatic heterocycles. The highest BCUT2D eigenvalue weighted by Crippen LogP contribution is 2.22. The first-order valence-corrected chi connectivity index (χ1v) is 8.41. The predicted octanol–water partition coefficient (Wildman–Crippen LogP) is 2.42. The van der Waals surface area contributed by atoms with Gasteiger partial charge in [0.25, 0.3) is 5.91 Å². The number of aromatic carboxylic acids is 1. The zero-order valence-electron chi connectivity index (χ0n) is 15.3. The number of anilines is 2. The molecule has 0 radical (unpaired) electrons. The Morgan fingerprint density at radius 3 is 2.42 bits per heavy atom. The maximum absolute atomic E-state index is 12.2. The Hall–Kier alpha value is -2.93. The van der Waals surface area contributed by atoms with Gasteiger partial charge in [0.15, 0.2) is 0 Å². The fraction of sp³-hybridized carbons (Fsp3) is 0.316. The molecule has 1 amide bonds. The number of likely N-dealkylation sites (N-methyl/N-ethyl adjacent to an activating group) is 2. The van der Waals surface area contributed by atoms with E-state index in [1.165, 1.54) is 12.3 Å². The third-order valence-corrected chi connectivity index (χ3v) is 3.89. The monoisotopic (exact) mass is 356 g/mol. The Balaban J connectivity index is 2.25. The van der Waals surface area contributed by atoms with Gasteiger partial charge in [-0.2, -0.15) is 0 Å². The molecular formula is C19H24N4O3. The number of pyridine rings is 1. The van der Waals surface area contributed by atoms with Gasteiger partial charge >= 0.3 is 5.97 Å². The van der Waals surface area contributed by atoms with Crippen molar-refractivity contribution in [3.8, 4) is 0 Å². The van der Waals surface area contributed by atoms with E-state index in [2.05, 4.69) is 10.3 Å². The van der Waals surface area contributed by atoms with E-state index >= 15 is 0 Å². The number of hydrogen-bond acceptors (Lipinski definition) is 5. The number of benzene rings is 1. The van der Waals surface area contributed by atoms with Crippen LogP contribution in [-0.2, 0) is 0 Å². The van der Waals surface area contributed by atoms with Gasteiger partial charge in [-0.3, -0.25) is 4.79 Å². The first-order chi connectivity index (χ1) is 12.4. The van der Waals surface area contributed by atoms with E-state index in [1.807, 2.05) is 36.9 Å². The summed E-state index contributed by atoms with van der Waals surface area (Å²) < 4.78 is 0. The molecule has 0 atom stereocenters. The largest absolute Gasteiger partial charge is 0.478 e. The quantitative estimate of drug-likeness (QED) is 0.755. The Morgan fingerprint density at radius 2 is 1.85 bits per heavy atom. The number of hydrogen-bond donors (Lipinski definition) is 2. The van der Waals surface area contributed by atoms with Crippen molar-refractivity contribution in [2.45, 2.75) is 6.92 Å². The third-order valence-electron chi connectivity index (χ3n) is 3.89. The maximum Gasteiger partial charge on any atom is 0.339 e. The Bertz CT molecular complexity index is 763. The third kappa shape index (κ3) is 5.03. The van der Waals surface area contributed by atoms with Gasteiger partial charge in [-0.15, -0.1) is 0 Å². The molecule has 0 fully saturated rings. The molecule has 1 aromatic carbocycles. The van der Waals surface area contributed by atoms with Crippen molar-refractivity contribution in [3.63, 3.8) is 0 Å². The minimum atomic E-state index is -1.08. The first kappa shape index (κ1) is 19.4. The molecular weight excluding hydrogens is 332 g/mol. The first-order valence-electron chi connectivity index (χ1n) is 8.41. The summed E-state index contributed by atoms with van der Waals surface area (Å²) in [5, 5.41) is 12.3. The van der Waals surface area contributed by atoms with Crippen LogP contribution in [0.5, 0.6) is 0 Å².